The minimum atomic E-state index is -1.11. The largest absolute Gasteiger partial charge is 0.478 e. The summed E-state index contributed by atoms with van der Waals surface area (Å²) in [4.78, 5) is 25.5. The number of carbonyl (C=O) groups is 2. The molecule has 0 bridgehead atoms. The molecule has 170 valence electrons. The lowest BCUT2D eigenvalue weighted by molar-refractivity contribution is 0.0693. The third kappa shape index (κ3) is 2.52. The van der Waals surface area contributed by atoms with E-state index in [1.807, 2.05) is 18.2 Å². The molecule has 0 amide bonds. The predicted molar refractivity (Wildman–Crippen MR) is 140 cm³/mol. The molecule has 0 atom stereocenters. The van der Waals surface area contributed by atoms with Crippen LogP contribution in [0.5, 0.6) is 0 Å². The predicted octanol–water partition coefficient (Wildman–Crippen LogP) is 6.96. The minimum absolute atomic E-state index is 0.0116. The molecule has 2 aliphatic carbocycles. The van der Waals surface area contributed by atoms with Crippen LogP contribution in [0.1, 0.15) is 48.5 Å². The Hall–Kier alpha value is -4.76. The molecule has 1 N–H and O–H groups in total. The zero-order chi connectivity index (χ0) is 24.4. The molecule has 0 saturated heterocycles. The fourth-order valence-electron chi connectivity index (χ4n) is 6.26. The summed E-state index contributed by atoms with van der Waals surface area (Å²) in [7, 11) is 0. The van der Waals surface area contributed by atoms with Crippen LogP contribution in [0.15, 0.2) is 115 Å². The van der Waals surface area contributed by atoms with Gasteiger partial charge in [-0.3, -0.25) is 4.79 Å². The lowest BCUT2D eigenvalue weighted by Gasteiger charge is -2.30. The fourth-order valence-corrected chi connectivity index (χ4v) is 6.26. The Balaban J connectivity index is 1.54. The van der Waals surface area contributed by atoms with Crippen LogP contribution in [0.4, 0.5) is 0 Å². The van der Waals surface area contributed by atoms with E-state index in [2.05, 4.69) is 72.8 Å². The molecule has 0 heterocycles. The highest BCUT2D eigenvalue weighted by Crippen LogP contribution is 2.62. The van der Waals surface area contributed by atoms with Crippen molar-refractivity contribution < 1.29 is 14.7 Å². The van der Waals surface area contributed by atoms with Crippen molar-refractivity contribution in [3.63, 3.8) is 0 Å². The Morgan fingerprint density at radius 1 is 0.500 bits per heavy atom. The Kier molecular flexibility index (Phi) is 4.22. The first-order valence-corrected chi connectivity index (χ1v) is 11.9. The third-order valence-corrected chi connectivity index (χ3v) is 7.66. The molecule has 2 aliphatic rings. The molecule has 36 heavy (non-hydrogen) atoms. The summed E-state index contributed by atoms with van der Waals surface area (Å²) in [6.07, 6.45) is 0. The van der Waals surface area contributed by atoms with Gasteiger partial charge in [-0.15, -0.1) is 0 Å². The van der Waals surface area contributed by atoms with Gasteiger partial charge in [0.15, 0.2) is 5.78 Å². The lowest BCUT2D eigenvalue weighted by Crippen LogP contribution is -2.26. The number of carboxylic acids is 1. The average molecular weight is 465 g/mol. The first kappa shape index (κ1) is 20.6. The number of rotatable bonds is 3. The molecule has 0 radical (unpaired) electrons. The maximum Gasteiger partial charge on any atom is 0.336 e. The highest BCUT2D eigenvalue weighted by atomic mass is 16.4. The van der Waals surface area contributed by atoms with Crippen LogP contribution in [0.2, 0.25) is 0 Å². The van der Waals surface area contributed by atoms with E-state index in [1.165, 1.54) is 33.9 Å². The van der Waals surface area contributed by atoms with Gasteiger partial charge in [-0.25, -0.2) is 4.79 Å². The summed E-state index contributed by atoms with van der Waals surface area (Å²) in [5, 5.41) is 9.67. The molecule has 0 aromatic heterocycles. The molecule has 0 aliphatic heterocycles. The van der Waals surface area contributed by atoms with E-state index in [9.17, 15) is 14.7 Å². The molecular formula is C33H20O3. The smallest absolute Gasteiger partial charge is 0.336 e. The van der Waals surface area contributed by atoms with Crippen LogP contribution in [0.25, 0.3) is 22.3 Å². The van der Waals surface area contributed by atoms with Crippen molar-refractivity contribution in [3.05, 3.63) is 154 Å². The number of fused-ring (bicyclic) bond motifs is 10. The van der Waals surface area contributed by atoms with Gasteiger partial charge in [-0.05, 0) is 56.6 Å². The van der Waals surface area contributed by atoms with Crippen molar-refractivity contribution in [2.45, 2.75) is 5.41 Å². The van der Waals surface area contributed by atoms with E-state index in [4.69, 9.17) is 0 Å². The zero-order valence-corrected chi connectivity index (χ0v) is 19.2. The molecule has 3 nitrogen and oxygen atoms in total. The van der Waals surface area contributed by atoms with Crippen LogP contribution in [0.3, 0.4) is 0 Å². The van der Waals surface area contributed by atoms with E-state index in [0.29, 0.717) is 5.56 Å². The van der Waals surface area contributed by atoms with Gasteiger partial charge >= 0.3 is 5.97 Å². The van der Waals surface area contributed by atoms with Gasteiger partial charge < -0.3 is 5.11 Å². The average Bonchev–Trinajstić information content (AvgIpc) is 3.40. The van der Waals surface area contributed by atoms with Crippen LogP contribution in [-0.4, -0.2) is 16.9 Å². The standard InChI is InChI=1S/C33H20O3/c34-31(25-12-1-2-13-26(25)32(35)36)20-17-18-24-23-11-5-8-16-29(23)33(30(24)19-20)27-14-6-3-9-21(27)22-10-4-7-15-28(22)33/h1-19H,(H,35,36). The Morgan fingerprint density at radius 3 is 1.47 bits per heavy atom. The summed E-state index contributed by atoms with van der Waals surface area (Å²) >= 11 is 0. The normalized spacial score (nSPS) is 13.6. The van der Waals surface area contributed by atoms with Crippen LogP contribution < -0.4 is 0 Å². The Labute approximate surface area is 208 Å². The van der Waals surface area contributed by atoms with Crippen LogP contribution >= 0.6 is 0 Å². The summed E-state index contributed by atoms with van der Waals surface area (Å²) in [5.74, 6) is -1.40. The van der Waals surface area contributed by atoms with Gasteiger partial charge in [0.2, 0.25) is 0 Å². The van der Waals surface area contributed by atoms with Gasteiger partial charge in [0.25, 0.3) is 0 Å². The molecule has 3 heteroatoms. The van der Waals surface area contributed by atoms with Gasteiger partial charge in [0.1, 0.15) is 0 Å². The van der Waals surface area contributed by atoms with Crippen molar-refractivity contribution >= 4 is 11.8 Å². The first-order valence-electron chi connectivity index (χ1n) is 11.9. The molecule has 0 saturated carbocycles. The highest BCUT2D eigenvalue weighted by molar-refractivity contribution is 6.14. The van der Waals surface area contributed by atoms with E-state index in [-0.39, 0.29) is 16.9 Å². The minimum Gasteiger partial charge on any atom is -0.478 e. The molecule has 0 fully saturated rings. The Bertz CT molecular complexity index is 1680. The maximum atomic E-state index is 13.7. The van der Waals surface area contributed by atoms with Crippen molar-refractivity contribution in [2.24, 2.45) is 0 Å². The Morgan fingerprint density at radius 2 is 0.944 bits per heavy atom. The number of hydrogen-bond donors (Lipinski definition) is 1. The molecule has 7 rings (SSSR count). The maximum absolute atomic E-state index is 13.7. The van der Waals surface area contributed by atoms with E-state index in [0.717, 1.165) is 16.7 Å². The summed E-state index contributed by atoms with van der Waals surface area (Å²) < 4.78 is 0. The van der Waals surface area contributed by atoms with Crippen molar-refractivity contribution in [3.8, 4) is 22.3 Å². The second-order valence-corrected chi connectivity index (χ2v) is 9.33. The monoisotopic (exact) mass is 464 g/mol. The third-order valence-electron chi connectivity index (χ3n) is 7.66. The van der Waals surface area contributed by atoms with E-state index in [1.54, 1.807) is 18.2 Å². The van der Waals surface area contributed by atoms with Crippen molar-refractivity contribution in [1.29, 1.82) is 0 Å². The zero-order valence-electron chi connectivity index (χ0n) is 19.2. The highest BCUT2D eigenvalue weighted by Gasteiger charge is 2.51. The van der Waals surface area contributed by atoms with Gasteiger partial charge in [-0.1, -0.05) is 103 Å². The second kappa shape index (κ2) is 7.37. The number of carboxylic acid groups (broad SMARTS) is 1. The molecule has 0 unspecified atom stereocenters. The number of carbonyl (C=O) groups excluding carboxylic acids is 1. The van der Waals surface area contributed by atoms with Crippen LogP contribution in [0, 0.1) is 0 Å². The molecule has 5 aromatic carbocycles. The quantitative estimate of drug-likeness (QED) is 0.288. The molecule has 5 aromatic rings. The fraction of sp³-hybridized carbons (Fsp3) is 0.0303. The van der Waals surface area contributed by atoms with Crippen LogP contribution in [-0.2, 0) is 5.41 Å². The number of hydrogen-bond acceptors (Lipinski definition) is 2. The summed E-state index contributed by atoms with van der Waals surface area (Å²) in [6.45, 7) is 0. The van der Waals surface area contributed by atoms with E-state index >= 15 is 0 Å². The van der Waals surface area contributed by atoms with Gasteiger partial charge in [0.05, 0.1) is 11.0 Å². The van der Waals surface area contributed by atoms with Gasteiger partial charge in [-0.2, -0.15) is 0 Å². The van der Waals surface area contributed by atoms with Crippen molar-refractivity contribution in [1.82, 2.24) is 0 Å². The lowest BCUT2D eigenvalue weighted by atomic mass is 9.70. The second-order valence-electron chi connectivity index (χ2n) is 9.33. The van der Waals surface area contributed by atoms with E-state index < -0.39 is 11.4 Å². The van der Waals surface area contributed by atoms with Gasteiger partial charge in [0, 0.05) is 11.1 Å². The number of ketones is 1. The molecular weight excluding hydrogens is 444 g/mol. The number of benzene rings is 5. The van der Waals surface area contributed by atoms with Crippen molar-refractivity contribution in [2.75, 3.05) is 0 Å². The first-order chi connectivity index (χ1) is 17.6. The SMILES string of the molecule is O=C(O)c1ccccc1C(=O)c1ccc2c(c1)C1(c3ccccc3-c3ccccc31)c1ccccc1-2. The molecule has 1 spiro atoms. The topological polar surface area (TPSA) is 54.4 Å². The summed E-state index contributed by atoms with van der Waals surface area (Å²) in [5.41, 5.74) is 9.46. The summed E-state index contributed by atoms with van der Waals surface area (Å²) in [6, 6.07) is 37.7. The number of aromatic carboxylic acids is 1.